The first-order valence-corrected chi connectivity index (χ1v) is 9.92. The van der Waals surface area contributed by atoms with Gasteiger partial charge in [0, 0.05) is 55.7 Å². The van der Waals surface area contributed by atoms with Gasteiger partial charge in [0.25, 0.3) is 5.91 Å². The monoisotopic (exact) mass is 394 g/mol. The maximum Gasteiger partial charge on any atom is 0.321 e. The van der Waals surface area contributed by atoms with Crippen LogP contribution < -0.4 is 19.9 Å². The molecule has 1 atom stereocenters. The van der Waals surface area contributed by atoms with E-state index in [-0.39, 0.29) is 18.0 Å². The number of urea groups is 1. The van der Waals surface area contributed by atoms with E-state index in [2.05, 4.69) is 17.1 Å². The summed E-state index contributed by atoms with van der Waals surface area (Å²) in [5, 5.41) is 2.79. The zero-order valence-electron chi connectivity index (χ0n) is 16.8. The van der Waals surface area contributed by atoms with E-state index in [1.165, 1.54) is 0 Å². The predicted octanol–water partition coefficient (Wildman–Crippen LogP) is 2.58. The second-order valence-electron chi connectivity index (χ2n) is 7.43. The van der Waals surface area contributed by atoms with Crippen LogP contribution in [0.25, 0.3) is 0 Å². The predicted molar refractivity (Wildman–Crippen MR) is 113 cm³/mol. The Balaban J connectivity index is 1.45. The summed E-state index contributed by atoms with van der Waals surface area (Å²) in [6.07, 6.45) is 0. The Morgan fingerprint density at radius 3 is 2.52 bits per heavy atom. The molecule has 7 heteroatoms. The molecule has 2 aliphatic rings. The lowest BCUT2D eigenvalue weighted by Gasteiger charge is -2.41. The Bertz CT molecular complexity index is 899. The second kappa shape index (κ2) is 8.03. The van der Waals surface area contributed by atoms with Crippen LogP contribution in [0.2, 0.25) is 0 Å². The molecule has 0 aromatic heterocycles. The van der Waals surface area contributed by atoms with Crippen LogP contribution in [0.1, 0.15) is 17.3 Å². The summed E-state index contributed by atoms with van der Waals surface area (Å²) >= 11 is 0. The third-order valence-corrected chi connectivity index (χ3v) is 5.59. The lowest BCUT2D eigenvalue weighted by molar-refractivity contribution is 0.0674. The van der Waals surface area contributed by atoms with Gasteiger partial charge >= 0.3 is 6.03 Å². The first kappa shape index (κ1) is 19.1. The average molecular weight is 394 g/mol. The maximum atomic E-state index is 13.2. The smallest absolute Gasteiger partial charge is 0.321 e. The molecule has 1 N–H and O–H groups in total. The largest absolute Gasteiger partial charge is 0.497 e. The molecule has 0 saturated carbocycles. The van der Waals surface area contributed by atoms with Gasteiger partial charge in [-0.05, 0) is 49.4 Å². The Morgan fingerprint density at radius 1 is 1.07 bits per heavy atom. The zero-order valence-corrected chi connectivity index (χ0v) is 16.8. The van der Waals surface area contributed by atoms with E-state index in [0.29, 0.717) is 25.2 Å². The highest BCUT2D eigenvalue weighted by atomic mass is 16.5. The van der Waals surface area contributed by atoms with Gasteiger partial charge in [-0.3, -0.25) is 9.69 Å². The molecule has 0 radical (unpaired) electrons. The molecule has 152 valence electrons. The van der Waals surface area contributed by atoms with Crippen molar-refractivity contribution in [1.82, 2.24) is 10.2 Å². The van der Waals surface area contributed by atoms with E-state index in [1.54, 1.807) is 12.0 Å². The van der Waals surface area contributed by atoms with Crippen LogP contribution in [-0.2, 0) is 0 Å². The van der Waals surface area contributed by atoms with Crippen molar-refractivity contribution in [2.24, 2.45) is 0 Å². The summed E-state index contributed by atoms with van der Waals surface area (Å²) in [6.45, 7) is 5.52. The fourth-order valence-corrected chi connectivity index (χ4v) is 3.98. The van der Waals surface area contributed by atoms with E-state index in [4.69, 9.17) is 4.74 Å². The molecule has 7 nitrogen and oxygen atoms in total. The van der Waals surface area contributed by atoms with Crippen molar-refractivity contribution in [3.05, 3.63) is 54.1 Å². The number of anilines is 2. The molecule has 29 heavy (non-hydrogen) atoms. The minimum absolute atomic E-state index is 0.00772. The van der Waals surface area contributed by atoms with Crippen molar-refractivity contribution < 1.29 is 14.3 Å². The molecule has 2 fully saturated rings. The molecule has 0 aliphatic carbocycles. The standard InChI is InChI=1S/C22H26N4O3/c1-16-15-24(18-6-8-20(29-2)9-7-18)12-13-25(16)21(27)17-4-3-5-19(14-17)26-11-10-23-22(26)28/h3-9,14,16H,10-13,15H2,1-2H3,(H,23,28). The molecular formula is C22H26N4O3. The highest BCUT2D eigenvalue weighted by Crippen LogP contribution is 2.24. The number of hydrogen-bond donors (Lipinski definition) is 1. The average Bonchev–Trinajstić information content (AvgIpc) is 3.19. The molecule has 4 rings (SSSR count). The minimum atomic E-state index is -0.115. The molecule has 0 spiro atoms. The topological polar surface area (TPSA) is 65.1 Å². The van der Waals surface area contributed by atoms with Gasteiger partial charge in [-0.1, -0.05) is 6.07 Å². The van der Waals surface area contributed by atoms with Crippen LogP contribution in [-0.4, -0.2) is 62.7 Å². The summed E-state index contributed by atoms with van der Waals surface area (Å²) in [5.74, 6) is 0.843. The second-order valence-corrected chi connectivity index (χ2v) is 7.43. The molecule has 2 aromatic rings. The number of hydrogen-bond acceptors (Lipinski definition) is 4. The van der Waals surface area contributed by atoms with Crippen LogP contribution in [0.5, 0.6) is 5.75 Å². The highest BCUT2D eigenvalue weighted by molar-refractivity contribution is 5.98. The van der Waals surface area contributed by atoms with Crippen molar-refractivity contribution in [2.45, 2.75) is 13.0 Å². The van der Waals surface area contributed by atoms with E-state index in [1.807, 2.05) is 53.4 Å². The summed E-state index contributed by atoms with van der Waals surface area (Å²) in [6, 6.07) is 15.3. The molecule has 3 amide bonds. The number of benzene rings is 2. The van der Waals surface area contributed by atoms with Gasteiger partial charge in [0.05, 0.1) is 7.11 Å². The number of carbonyl (C=O) groups excluding carboxylic acids is 2. The fraction of sp³-hybridized carbons (Fsp3) is 0.364. The lowest BCUT2D eigenvalue weighted by Crippen LogP contribution is -2.54. The Kier molecular flexibility index (Phi) is 5.29. The van der Waals surface area contributed by atoms with Crippen LogP contribution in [0.15, 0.2) is 48.5 Å². The third-order valence-electron chi connectivity index (χ3n) is 5.59. The van der Waals surface area contributed by atoms with Gasteiger partial charge in [-0.15, -0.1) is 0 Å². The molecule has 2 saturated heterocycles. The minimum Gasteiger partial charge on any atom is -0.497 e. The first-order chi connectivity index (χ1) is 14.1. The van der Waals surface area contributed by atoms with Crippen LogP contribution in [0.3, 0.4) is 0 Å². The Labute approximate surface area is 170 Å². The molecule has 2 aliphatic heterocycles. The van der Waals surface area contributed by atoms with Crippen molar-refractivity contribution in [3.63, 3.8) is 0 Å². The summed E-state index contributed by atoms with van der Waals surface area (Å²) < 4.78 is 5.23. The van der Waals surface area contributed by atoms with Crippen molar-refractivity contribution >= 4 is 23.3 Å². The number of ether oxygens (including phenoxy) is 1. The van der Waals surface area contributed by atoms with Crippen molar-refractivity contribution in [2.75, 3.05) is 49.6 Å². The summed E-state index contributed by atoms with van der Waals surface area (Å²) in [5.41, 5.74) is 2.51. The third kappa shape index (κ3) is 3.85. The van der Waals surface area contributed by atoms with E-state index in [0.717, 1.165) is 30.2 Å². The number of nitrogens with one attached hydrogen (secondary N) is 1. The lowest BCUT2D eigenvalue weighted by atomic mass is 10.1. The number of rotatable bonds is 4. The highest BCUT2D eigenvalue weighted by Gasteiger charge is 2.29. The van der Waals surface area contributed by atoms with E-state index >= 15 is 0 Å². The van der Waals surface area contributed by atoms with Crippen LogP contribution in [0, 0.1) is 0 Å². The SMILES string of the molecule is COc1ccc(N2CCN(C(=O)c3cccc(N4CCNC4=O)c3)C(C)C2)cc1. The number of piperazine rings is 1. The molecule has 2 aromatic carbocycles. The van der Waals surface area contributed by atoms with Gasteiger partial charge in [0.2, 0.25) is 0 Å². The van der Waals surface area contributed by atoms with E-state index < -0.39 is 0 Å². The van der Waals surface area contributed by atoms with Crippen LogP contribution in [0.4, 0.5) is 16.2 Å². The van der Waals surface area contributed by atoms with Gasteiger partial charge in [-0.25, -0.2) is 4.79 Å². The van der Waals surface area contributed by atoms with Gasteiger partial charge in [0.15, 0.2) is 0 Å². The number of methoxy groups -OCH3 is 1. The maximum absolute atomic E-state index is 13.2. The number of carbonyl (C=O) groups is 2. The molecular weight excluding hydrogens is 368 g/mol. The van der Waals surface area contributed by atoms with Crippen molar-refractivity contribution in [3.8, 4) is 5.75 Å². The quantitative estimate of drug-likeness (QED) is 0.866. The van der Waals surface area contributed by atoms with Crippen LogP contribution >= 0.6 is 0 Å². The number of nitrogens with zero attached hydrogens (tertiary/aromatic N) is 3. The Hall–Kier alpha value is -3.22. The van der Waals surface area contributed by atoms with Crippen molar-refractivity contribution in [1.29, 1.82) is 0 Å². The van der Waals surface area contributed by atoms with E-state index in [9.17, 15) is 9.59 Å². The normalized spacial score (nSPS) is 19.3. The van der Waals surface area contributed by atoms with Gasteiger partial charge in [0.1, 0.15) is 5.75 Å². The summed E-state index contributed by atoms with van der Waals surface area (Å²) in [7, 11) is 1.66. The molecule has 1 unspecified atom stereocenters. The van der Waals surface area contributed by atoms with Gasteiger partial charge < -0.3 is 19.9 Å². The number of amides is 3. The van der Waals surface area contributed by atoms with Gasteiger partial charge in [-0.2, -0.15) is 0 Å². The Morgan fingerprint density at radius 2 is 1.86 bits per heavy atom. The molecule has 2 heterocycles. The summed E-state index contributed by atoms with van der Waals surface area (Å²) in [4.78, 5) is 31.0. The molecule has 0 bridgehead atoms. The fourth-order valence-electron chi connectivity index (χ4n) is 3.98. The zero-order chi connectivity index (χ0) is 20.4. The first-order valence-electron chi connectivity index (χ1n) is 9.92.